The van der Waals surface area contributed by atoms with Crippen LogP contribution < -0.4 is 5.32 Å². The van der Waals surface area contributed by atoms with E-state index >= 15 is 0 Å². The number of amides is 2. The molecule has 0 aromatic heterocycles. The molecule has 0 fully saturated rings. The predicted octanol–water partition coefficient (Wildman–Crippen LogP) is 2.56. The fourth-order valence-electron chi connectivity index (χ4n) is 1.21. The SMILES string of the molecule is C[N-]C(=O)OCc1cc(F)c(NC(C)=O)c(F)c1.[Y]. The van der Waals surface area contributed by atoms with E-state index in [1.165, 1.54) is 7.05 Å². The summed E-state index contributed by atoms with van der Waals surface area (Å²) in [5, 5.41) is 5.23. The van der Waals surface area contributed by atoms with Crippen LogP contribution in [0.25, 0.3) is 5.32 Å². The van der Waals surface area contributed by atoms with Crippen LogP contribution in [0.5, 0.6) is 0 Å². The molecule has 1 radical (unpaired) electrons. The number of benzene rings is 1. The molecule has 1 rings (SSSR count). The van der Waals surface area contributed by atoms with Crippen molar-refractivity contribution in [1.29, 1.82) is 0 Å². The average molecular weight is 346 g/mol. The fourth-order valence-corrected chi connectivity index (χ4v) is 1.21. The Labute approximate surface area is 134 Å². The molecule has 19 heavy (non-hydrogen) atoms. The maximum Gasteiger partial charge on any atom is 0.229 e. The molecule has 0 saturated carbocycles. The predicted molar refractivity (Wildman–Crippen MR) is 60.1 cm³/mol. The second-order valence-corrected chi connectivity index (χ2v) is 3.39. The minimum atomic E-state index is -0.940. The number of anilines is 1. The van der Waals surface area contributed by atoms with Crippen molar-refractivity contribution < 1.29 is 55.8 Å². The van der Waals surface area contributed by atoms with Gasteiger partial charge in [-0.25, -0.2) is 8.78 Å². The van der Waals surface area contributed by atoms with E-state index in [9.17, 15) is 18.4 Å². The Balaban J connectivity index is 0.00000324. The summed E-state index contributed by atoms with van der Waals surface area (Å²) in [5.74, 6) is -2.47. The molecule has 1 aromatic carbocycles. The molecule has 0 saturated heterocycles. The van der Waals surface area contributed by atoms with E-state index in [2.05, 4.69) is 10.1 Å². The maximum absolute atomic E-state index is 13.5. The molecule has 101 valence electrons. The van der Waals surface area contributed by atoms with Gasteiger partial charge in [-0.1, -0.05) is 0 Å². The number of hydrogen-bond donors (Lipinski definition) is 1. The van der Waals surface area contributed by atoms with Crippen LogP contribution in [0.4, 0.5) is 19.3 Å². The summed E-state index contributed by atoms with van der Waals surface area (Å²) in [6.45, 7) is 0.835. The number of carbonyl (C=O) groups excluding carboxylic acids is 2. The Morgan fingerprint density at radius 3 is 2.26 bits per heavy atom. The van der Waals surface area contributed by atoms with E-state index in [1.54, 1.807) is 0 Å². The van der Waals surface area contributed by atoms with Crippen LogP contribution >= 0.6 is 0 Å². The molecule has 0 spiro atoms. The van der Waals surface area contributed by atoms with Crippen molar-refractivity contribution in [3.63, 3.8) is 0 Å². The molecular formula is C11H11F2N2O3Y-. The molecule has 1 N–H and O–H groups in total. The van der Waals surface area contributed by atoms with Gasteiger partial charge in [-0.3, -0.25) is 9.59 Å². The minimum Gasteiger partial charge on any atom is -0.620 e. The third-order valence-corrected chi connectivity index (χ3v) is 1.95. The maximum atomic E-state index is 13.5. The van der Waals surface area contributed by atoms with Gasteiger partial charge in [-0.2, -0.15) is 0 Å². The van der Waals surface area contributed by atoms with Gasteiger partial charge in [0, 0.05) is 39.6 Å². The van der Waals surface area contributed by atoms with Crippen LogP contribution in [0.1, 0.15) is 12.5 Å². The van der Waals surface area contributed by atoms with Crippen LogP contribution in [0.3, 0.4) is 0 Å². The minimum absolute atomic E-state index is 0. The van der Waals surface area contributed by atoms with Crippen molar-refractivity contribution in [2.75, 3.05) is 12.4 Å². The van der Waals surface area contributed by atoms with E-state index in [-0.39, 0.29) is 44.9 Å². The van der Waals surface area contributed by atoms with Crippen molar-refractivity contribution in [2.45, 2.75) is 13.5 Å². The number of hydrogen-bond acceptors (Lipinski definition) is 3. The largest absolute Gasteiger partial charge is 0.620 e. The summed E-state index contributed by atoms with van der Waals surface area (Å²) in [4.78, 5) is 21.5. The molecule has 0 bridgehead atoms. The summed E-state index contributed by atoms with van der Waals surface area (Å²) < 4.78 is 31.5. The van der Waals surface area contributed by atoms with Gasteiger partial charge in [0.05, 0.1) is 0 Å². The van der Waals surface area contributed by atoms with E-state index in [4.69, 9.17) is 0 Å². The molecule has 0 aliphatic rings. The van der Waals surface area contributed by atoms with Gasteiger partial charge in [-0.05, 0) is 17.7 Å². The quantitative estimate of drug-likeness (QED) is 0.915. The first-order valence-electron chi connectivity index (χ1n) is 4.96. The summed E-state index contributed by atoms with van der Waals surface area (Å²) in [5.41, 5.74) is -0.408. The van der Waals surface area contributed by atoms with Crippen LogP contribution in [0, 0.1) is 11.6 Å². The molecule has 2 amide bonds. The molecular weight excluding hydrogens is 335 g/mol. The Morgan fingerprint density at radius 2 is 1.84 bits per heavy atom. The average Bonchev–Trinajstić information content (AvgIpc) is 2.30. The fraction of sp³-hybridized carbons (Fsp3) is 0.273. The van der Waals surface area contributed by atoms with Crippen molar-refractivity contribution >= 4 is 17.7 Å². The van der Waals surface area contributed by atoms with Gasteiger partial charge < -0.3 is 15.4 Å². The third-order valence-electron chi connectivity index (χ3n) is 1.95. The van der Waals surface area contributed by atoms with Crippen LogP contribution in [0.15, 0.2) is 12.1 Å². The van der Waals surface area contributed by atoms with Gasteiger partial charge >= 0.3 is 0 Å². The second kappa shape index (κ2) is 8.17. The zero-order chi connectivity index (χ0) is 13.7. The Hall–Kier alpha value is -1.08. The van der Waals surface area contributed by atoms with Gasteiger partial charge in [0.15, 0.2) is 0 Å². The third kappa shape index (κ3) is 5.61. The van der Waals surface area contributed by atoms with Crippen molar-refractivity contribution in [1.82, 2.24) is 0 Å². The monoisotopic (exact) mass is 346 g/mol. The molecule has 8 heteroatoms. The van der Waals surface area contributed by atoms with E-state index in [0.717, 1.165) is 19.1 Å². The summed E-state index contributed by atoms with van der Waals surface area (Å²) in [7, 11) is 1.24. The zero-order valence-electron chi connectivity index (χ0n) is 10.4. The number of ether oxygens (including phenoxy) is 1. The van der Waals surface area contributed by atoms with Crippen LogP contribution in [-0.2, 0) is 48.8 Å². The summed E-state index contributed by atoms with van der Waals surface area (Å²) in [6.07, 6.45) is -0.832. The molecule has 1 aromatic rings. The molecule has 0 heterocycles. The van der Waals surface area contributed by atoms with Crippen LogP contribution in [0.2, 0.25) is 0 Å². The van der Waals surface area contributed by atoms with Crippen molar-refractivity contribution in [3.8, 4) is 0 Å². The number of halogens is 2. The topological polar surface area (TPSA) is 69.5 Å². The Kier molecular flexibility index (Phi) is 7.70. The first-order valence-corrected chi connectivity index (χ1v) is 4.96. The van der Waals surface area contributed by atoms with Gasteiger partial charge in [0.25, 0.3) is 0 Å². The molecule has 0 aliphatic heterocycles. The van der Waals surface area contributed by atoms with E-state index in [0.29, 0.717) is 0 Å². The first-order chi connectivity index (χ1) is 8.43. The second-order valence-electron chi connectivity index (χ2n) is 3.39. The standard InChI is InChI=1S/C11H12F2N2O3.Y/c1-6(16)15-10-8(12)3-7(4-9(10)13)5-18-11(17)14-2;/h3-4H,5H2,1-2H3,(H2,14,15,16,17);/p-1. The Morgan fingerprint density at radius 1 is 1.32 bits per heavy atom. The number of carbonyl (C=O) groups is 2. The number of nitrogens with zero attached hydrogens (tertiary/aromatic N) is 1. The molecule has 5 nitrogen and oxygen atoms in total. The first kappa shape index (κ1) is 17.9. The summed E-state index contributed by atoms with van der Waals surface area (Å²) >= 11 is 0. The van der Waals surface area contributed by atoms with E-state index < -0.39 is 29.3 Å². The number of rotatable bonds is 3. The van der Waals surface area contributed by atoms with Crippen molar-refractivity contribution in [2.24, 2.45) is 0 Å². The van der Waals surface area contributed by atoms with Gasteiger partial charge in [0.1, 0.15) is 23.9 Å². The molecule has 0 unspecified atom stereocenters. The zero-order valence-corrected chi connectivity index (χ0v) is 13.2. The molecule has 0 aliphatic carbocycles. The smallest absolute Gasteiger partial charge is 0.229 e. The van der Waals surface area contributed by atoms with Crippen LogP contribution in [-0.4, -0.2) is 19.0 Å². The number of nitrogens with one attached hydrogen (secondary N) is 1. The summed E-state index contributed by atoms with van der Waals surface area (Å²) in [6, 6.07) is 1.94. The van der Waals surface area contributed by atoms with Gasteiger partial charge in [-0.15, -0.1) is 7.05 Å². The molecule has 0 atom stereocenters. The Bertz CT molecular complexity index is 460. The van der Waals surface area contributed by atoms with Crippen molar-refractivity contribution in [3.05, 3.63) is 34.6 Å². The van der Waals surface area contributed by atoms with Gasteiger partial charge in [0.2, 0.25) is 12.0 Å². The normalized spacial score (nSPS) is 9.26. The van der Waals surface area contributed by atoms with E-state index in [1.807, 2.05) is 5.32 Å².